The SMILES string of the molecule is C=C(CN)CC1CCNCC1. The maximum atomic E-state index is 5.47. The zero-order valence-corrected chi connectivity index (χ0v) is 7.10. The molecule has 0 amide bonds. The van der Waals surface area contributed by atoms with Gasteiger partial charge in [0.2, 0.25) is 0 Å². The van der Waals surface area contributed by atoms with Crippen LogP contribution < -0.4 is 11.1 Å². The highest BCUT2D eigenvalue weighted by molar-refractivity contribution is 4.97. The van der Waals surface area contributed by atoms with Gasteiger partial charge < -0.3 is 11.1 Å². The van der Waals surface area contributed by atoms with Crippen LogP contribution in [-0.2, 0) is 0 Å². The summed E-state index contributed by atoms with van der Waals surface area (Å²) >= 11 is 0. The zero-order valence-electron chi connectivity index (χ0n) is 7.10. The van der Waals surface area contributed by atoms with E-state index in [2.05, 4.69) is 11.9 Å². The first-order valence-corrected chi connectivity index (χ1v) is 4.40. The molecule has 2 nitrogen and oxygen atoms in total. The van der Waals surface area contributed by atoms with E-state index in [1.807, 2.05) is 0 Å². The average molecular weight is 154 g/mol. The highest BCUT2D eigenvalue weighted by atomic mass is 14.9. The minimum absolute atomic E-state index is 0.657. The summed E-state index contributed by atoms with van der Waals surface area (Å²) in [6.07, 6.45) is 3.72. The molecule has 1 aliphatic heterocycles. The summed E-state index contributed by atoms with van der Waals surface area (Å²) in [6.45, 7) is 6.92. The van der Waals surface area contributed by atoms with Crippen molar-refractivity contribution < 1.29 is 0 Å². The van der Waals surface area contributed by atoms with Crippen LogP contribution in [0.15, 0.2) is 12.2 Å². The lowest BCUT2D eigenvalue weighted by molar-refractivity contribution is 0.371. The second-order valence-electron chi connectivity index (χ2n) is 3.35. The number of hydrogen-bond donors (Lipinski definition) is 2. The molecular weight excluding hydrogens is 136 g/mol. The van der Waals surface area contributed by atoms with Gasteiger partial charge in [0.15, 0.2) is 0 Å². The Bertz CT molecular complexity index is 126. The lowest BCUT2D eigenvalue weighted by Gasteiger charge is -2.22. The molecule has 1 saturated heterocycles. The first kappa shape index (κ1) is 8.75. The molecule has 0 radical (unpaired) electrons. The smallest absolute Gasteiger partial charge is 0.0134 e. The Balaban J connectivity index is 2.19. The van der Waals surface area contributed by atoms with Gasteiger partial charge in [-0.25, -0.2) is 0 Å². The van der Waals surface area contributed by atoms with Crippen molar-refractivity contribution in [3.63, 3.8) is 0 Å². The fraction of sp³-hybridized carbons (Fsp3) is 0.778. The summed E-state index contributed by atoms with van der Waals surface area (Å²) < 4.78 is 0. The molecule has 1 aliphatic rings. The topological polar surface area (TPSA) is 38.0 Å². The predicted octanol–water partition coefficient (Wildman–Crippen LogP) is 0.891. The van der Waals surface area contributed by atoms with Crippen molar-refractivity contribution in [2.75, 3.05) is 19.6 Å². The molecule has 1 heterocycles. The molecule has 0 unspecified atom stereocenters. The molecule has 64 valence electrons. The van der Waals surface area contributed by atoms with Crippen molar-refractivity contribution in [1.29, 1.82) is 0 Å². The van der Waals surface area contributed by atoms with Crippen molar-refractivity contribution in [1.82, 2.24) is 5.32 Å². The van der Waals surface area contributed by atoms with Gasteiger partial charge in [-0.1, -0.05) is 12.2 Å². The molecule has 1 rings (SSSR count). The number of nitrogens with one attached hydrogen (secondary N) is 1. The molecule has 11 heavy (non-hydrogen) atoms. The summed E-state index contributed by atoms with van der Waals surface area (Å²) in [5.41, 5.74) is 6.68. The van der Waals surface area contributed by atoms with E-state index in [-0.39, 0.29) is 0 Å². The lowest BCUT2D eigenvalue weighted by Crippen LogP contribution is -2.28. The number of piperidine rings is 1. The van der Waals surface area contributed by atoms with Gasteiger partial charge in [0.1, 0.15) is 0 Å². The van der Waals surface area contributed by atoms with Crippen molar-refractivity contribution in [2.24, 2.45) is 11.7 Å². The molecule has 0 atom stereocenters. The quantitative estimate of drug-likeness (QED) is 0.592. The summed E-state index contributed by atoms with van der Waals surface area (Å²) in [5, 5.41) is 3.35. The van der Waals surface area contributed by atoms with Crippen LogP contribution >= 0.6 is 0 Å². The molecule has 3 N–H and O–H groups in total. The van der Waals surface area contributed by atoms with E-state index in [1.165, 1.54) is 31.5 Å². The van der Waals surface area contributed by atoms with Crippen LogP contribution in [-0.4, -0.2) is 19.6 Å². The van der Waals surface area contributed by atoms with E-state index in [4.69, 9.17) is 5.73 Å². The Kier molecular flexibility index (Phi) is 3.60. The first-order chi connectivity index (χ1) is 5.33. The second-order valence-corrected chi connectivity index (χ2v) is 3.35. The van der Waals surface area contributed by atoms with Crippen molar-refractivity contribution in [2.45, 2.75) is 19.3 Å². The molecule has 0 aromatic carbocycles. The Morgan fingerprint density at radius 1 is 1.45 bits per heavy atom. The van der Waals surface area contributed by atoms with Gasteiger partial charge in [-0.2, -0.15) is 0 Å². The highest BCUT2D eigenvalue weighted by Crippen LogP contribution is 2.18. The Labute approximate surface area is 68.9 Å². The van der Waals surface area contributed by atoms with E-state index in [0.717, 1.165) is 12.3 Å². The van der Waals surface area contributed by atoms with E-state index in [1.54, 1.807) is 0 Å². The van der Waals surface area contributed by atoms with E-state index in [9.17, 15) is 0 Å². The summed E-state index contributed by atoms with van der Waals surface area (Å²) in [5.74, 6) is 0.840. The van der Waals surface area contributed by atoms with Crippen LogP contribution in [0, 0.1) is 5.92 Å². The fourth-order valence-corrected chi connectivity index (χ4v) is 1.58. The van der Waals surface area contributed by atoms with Crippen molar-refractivity contribution >= 4 is 0 Å². The number of hydrogen-bond acceptors (Lipinski definition) is 2. The minimum Gasteiger partial charge on any atom is -0.327 e. The Hall–Kier alpha value is -0.340. The monoisotopic (exact) mass is 154 g/mol. The van der Waals surface area contributed by atoms with Gasteiger partial charge in [0.25, 0.3) is 0 Å². The van der Waals surface area contributed by atoms with E-state index in [0.29, 0.717) is 6.54 Å². The third-order valence-electron chi connectivity index (χ3n) is 2.32. The number of rotatable bonds is 3. The standard InChI is InChI=1S/C9H18N2/c1-8(7-10)6-9-2-4-11-5-3-9/h9,11H,1-7,10H2. The first-order valence-electron chi connectivity index (χ1n) is 4.40. The fourth-order valence-electron chi connectivity index (χ4n) is 1.58. The van der Waals surface area contributed by atoms with Gasteiger partial charge in [-0.15, -0.1) is 0 Å². The third kappa shape index (κ3) is 3.04. The lowest BCUT2D eigenvalue weighted by atomic mass is 9.91. The van der Waals surface area contributed by atoms with Crippen LogP contribution in [0.25, 0.3) is 0 Å². The second kappa shape index (κ2) is 4.52. The zero-order chi connectivity index (χ0) is 8.10. The van der Waals surface area contributed by atoms with Gasteiger partial charge >= 0.3 is 0 Å². The maximum Gasteiger partial charge on any atom is 0.0134 e. The van der Waals surface area contributed by atoms with Crippen LogP contribution in [0.1, 0.15) is 19.3 Å². The largest absolute Gasteiger partial charge is 0.327 e. The van der Waals surface area contributed by atoms with Gasteiger partial charge in [0, 0.05) is 6.54 Å². The summed E-state index contributed by atoms with van der Waals surface area (Å²) in [6, 6.07) is 0. The normalized spacial score (nSPS) is 20.1. The molecule has 1 fully saturated rings. The molecule has 0 aliphatic carbocycles. The Morgan fingerprint density at radius 2 is 2.09 bits per heavy atom. The Morgan fingerprint density at radius 3 is 2.64 bits per heavy atom. The third-order valence-corrected chi connectivity index (χ3v) is 2.32. The van der Waals surface area contributed by atoms with Crippen LogP contribution in [0.2, 0.25) is 0 Å². The van der Waals surface area contributed by atoms with Crippen LogP contribution in [0.3, 0.4) is 0 Å². The van der Waals surface area contributed by atoms with Gasteiger partial charge in [-0.05, 0) is 38.3 Å². The average Bonchev–Trinajstić information content (AvgIpc) is 2.06. The van der Waals surface area contributed by atoms with Crippen molar-refractivity contribution in [3.8, 4) is 0 Å². The van der Waals surface area contributed by atoms with Crippen molar-refractivity contribution in [3.05, 3.63) is 12.2 Å². The van der Waals surface area contributed by atoms with Gasteiger partial charge in [-0.3, -0.25) is 0 Å². The van der Waals surface area contributed by atoms with Crippen LogP contribution in [0.5, 0.6) is 0 Å². The molecule has 0 spiro atoms. The minimum atomic E-state index is 0.657. The van der Waals surface area contributed by atoms with Gasteiger partial charge in [0.05, 0.1) is 0 Å². The molecule has 2 heteroatoms. The highest BCUT2D eigenvalue weighted by Gasteiger charge is 2.12. The predicted molar refractivity (Wildman–Crippen MR) is 48.4 cm³/mol. The molecule has 0 bridgehead atoms. The number of nitrogens with two attached hydrogens (primary N) is 1. The molecule has 0 saturated carbocycles. The maximum absolute atomic E-state index is 5.47. The molecular formula is C9H18N2. The van der Waals surface area contributed by atoms with E-state index < -0.39 is 0 Å². The van der Waals surface area contributed by atoms with E-state index >= 15 is 0 Å². The van der Waals surface area contributed by atoms with Crippen LogP contribution in [0.4, 0.5) is 0 Å². The molecule has 0 aromatic heterocycles. The summed E-state index contributed by atoms with van der Waals surface area (Å²) in [4.78, 5) is 0. The summed E-state index contributed by atoms with van der Waals surface area (Å²) in [7, 11) is 0. The molecule has 0 aromatic rings.